The first-order valence-corrected chi connectivity index (χ1v) is 5.58. The molecule has 17 heavy (non-hydrogen) atoms. The number of aromatic nitrogens is 2. The van der Waals surface area contributed by atoms with Gasteiger partial charge < -0.3 is 5.32 Å². The number of nitriles is 1. The molecule has 86 valence electrons. The third-order valence-corrected chi connectivity index (χ3v) is 2.55. The van der Waals surface area contributed by atoms with Gasteiger partial charge in [-0.25, -0.2) is 0 Å². The molecule has 0 saturated heterocycles. The molecule has 0 aliphatic carbocycles. The zero-order valence-corrected chi connectivity index (χ0v) is 9.85. The van der Waals surface area contributed by atoms with Gasteiger partial charge in [0.2, 0.25) is 0 Å². The molecule has 5 heteroatoms. The SMILES string of the molecule is N#Cc1cc(Cl)ccc1NCCn1cccn1. The van der Waals surface area contributed by atoms with Crippen molar-refractivity contribution in [2.45, 2.75) is 6.54 Å². The summed E-state index contributed by atoms with van der Waals surface area (Å²) in [7, 11) is 0. The first-order chi connectivity index (χ1) is 8.29. The van der Waals surface area contributed by atoms with Gasteiger partial charge in [0, 0.05) is 24.0 Å². The molecule has 0 amide bonds. The molecule has 0 aliphatic heterocycles. The van der Waals surface area contributed by atoms with E-state index in [2.05, 4.69) is 16.5 Å². The normalized spacial score (nSPS) is 9.88. The van der Waals surface area contributed by atoms with E-state index in [9.17, 15) is 0 Å². The third-order valence-electron chi connectivity index (χ3n) is 2.32. The summed E-state index contributed by atoms with van der Waals surface area (Å²) in [6.45, 7) is 1.46. The Kier molecular flexibility index (Phi) is 3.63. The third kappa shape index (κ3) is 2.99. The minimum Gasteiger partial charge on any atom is -0.382 e. The summed E-state index contributed by atoms with van der Waals surface area (Å²) >= 11 is 5.82. The van der Waals surface area contributed by atoms with Crippen molar-refractivity contribution in [3.63, 3.8) is 0 Å². The smallest absolute Gasteiger partial charge is 0.101 e. The van der Waals surface area contributed by atoms with Crippen LogP contribution in [0.4, 0.5) is 5.69 Å². The van der Waals surface area contributed by atoms with E-state index >= 15 is 0 Å². The van der Waals surface area contributed by atoms with Gasteiger partial charge in [-0.3, -0.25) is 4.68 Å². The molecule has 0 atom stereocenters. The molecule has 1 heterocycles. The van der Waals surface area contributed by atoms with Crippen LogP contribution in [-0.4, -0.2) is 16.3 Å². The van der Waals surface area contributed by atoms with Crippen molar-refractivity contribution < 1.29 is 0 Å². The van der Waals surface area contributed by atoms with Crippen LogP contribution in [0, 0.1) is 11.3 Å². The lowest BCUT2D eigenvalue weighted by atomic mass is 10.2. The Bertz CT molecular complexity index is 528. The second-order valence-corrected chi connectivity index (χ2v) is 3.93. The molecule has 2 aromatic rings. The lowest BCUT2D eigenvalue weighted by Gasteiger charge is -2.08. The molecule has 0 spiro atoms. The molecule has 0 aliphatic rings. The summed E-state index contributed by atoms with van der Waals surface area (Å²) in [6, 6.07) is 9.21. The Morgan fingerprint density at radius 1 is 1.47 bits per heavy atom. The summed E-state index contributed by atoms with van der Waals surface area (Å²) in [5.74, 6) is 0. The fourth-order valence-electron chi connectivity index (χ4n) is 1.50. The van der Waals surface area contributed by atoms with E-state index < -0.39 is 0 Å². The highest BCUT2D eigenvalue weighted by Crippen LogP contribution is 2.19. The van der Waals surface area contributed by atoms with Crippen molar-refractivity contribution in [1.29, 1.82) is 5.26 Å². The van der Waals surface area contributed by atoms with Gasteiger partial charge in [0.05, 0.1) is 17.8 Å². The van der Waals surface area contributed by atoms with Crippen LogP contribution in [0.15, 0.2) is 36.7 Å². The van der Waals surface area contributed by atoms with E-state index in [0.29, 0.717) is 17.1 Å². The lowest BCUT2D eigenvalue weighted by molar-refractivity contribution is 0.638. The second-order valence-electron chi connectivity index (χ2n) is 3.50. The van der Waals surface area contributed by atoms with Gasteiger partial charge in [-0.2, -0.15) is 10.4 Å². The van der Waals surface area contributed by atoms with Crippen molar-refractivity contribution in [3.05, 3.63) is 47.2 Å². The summed E-state index contributed by atoms with van der Waals surface area (Å²) in [4.78, 5) is 0. The van der Waals surface area contributed by atoms with Crippen LogP contribution in [0.25, 0.3) is 0 Å². The highest BCUT2D eigenvalue weighted by atomic mass is 35.5. The average molecular weight is 247 g/mol. The highest BCUT2D eigenvalue weighted by Gasteiger charge is 2.01. The first-order valence-electron chi connectivity index (χ1n) is 5.20. The van der Waals surface area contributed by atoms with Crippen molar-refractivity contribution in [3.8, 4) is 6.07 Å². The predicted octanol–water partition coefficient (Wildman–Crippen LogP) is 2.52. The molecule has 0 saturated carbocycles. The maximum atomic E-state index is 8.96. The number of anilines is 1. The van der Waals surface area contributed by atoms with Gasteiger partial charge in [0.25, 0.3) is 0 Å². The molecule has 0 fully saturated rings. The minimum absolute atomic E-state index is 0.554. The van der Waals surface area contributed by atoms with E-state index in [1.165, 1.54) is 0 Å². The van der Waals surface area contributed by atoms with Gasteiger partial charge in [-0.05, 0) is 24.3 Å². The Morgan fingerprint density at radius 2 is 2.35 bits per heavy atom. The standard InChI is InChI=1S/C12H11ClN4/c13-11-2-3-12(10(8-11)9-14)15-5-7-17-6-1-4-16-17/h1-4,6,8,15H,5,7H2. The zero-order chi connectivity index (χ0) is 12.1. The summed E-state index contributed by atoms with van der Waals surface area (Å²) in [6.07, 6.45) is 3.64. The van der Waals surface area contributed by atoms with Crippen LogP contribution in [0.3, 0.4) is 0 Å². The highest BCUT2D eigenvalue weighted by molar-refractivity contribution is 6.30. The fraction of sp³-hybridized carbons (Fsp3) is 0.167. The van der Waals surface area contributed by atoms with Gasteiger partial charge in [-0.15, -0.1) is 0 Å². The van der Waals surface area contributed by atoms with Crippen LogP contribution < -0.4 is 5.32 Å². The average Bonchev–Trinajstić information content (AvgIpc) is 2.84. The van der Waals surface area contributed by atoms with E-state index in [4.69, 9.17) is 16.9 Å². The molecule has 0 radical (unpaired) electrons. The molecule has 0 bridgehead atoms. The molecule has 1 aromatic heterocycles. The summed E-state index contributed by atoms with van der Waals surface area (Å²) in [5.41, 5.74) is 1.35. The second kappa shape index (κ2) is 5.37. The topological polar surface area (TPSA) is 53.6 Å². The van der Waals surface area contributed by atoms with Crippen LogP contribution in [0.5, 0.6) is 0 Å². The van der Waals surface area contributed by atoms with Crippen LogP contribution >= 0.6 is 11.6 Å². The number of benzene rings is 1. The van der Waals surface area contributed by atoms with Gasteiger partial charge in [0.15, 0.2) is 0 Å². The van der Waals surface area contributed by atoms with E-state index in [-0.39, 0.29) is 0 Å². The monoisotopic (exact) mass is 246 g/mol. The van der Waals surface area contributed by atoms with Crippen molar-refractivity contribution in [2.24, 2.45) is 0 Å². The number of rotatable bonds is 4. The number of hydrogen-bond acceptors (Lipinski definition) is 3. The Balaban J connectivity index is 1.97. The van der Waals surface area contributed by atoms with Gasteiger partial charge in [-0.1, -0.05) is 11.6 Å². The minimum atomic E-state index is 0.554. The maximum Gasteiger partial charge on any atom is 0.101 e. The number of hydrogen-bond donors (Lipinski definition) is 1. The van der Waals surface area contributed by atoms with Crippen LogP contribution in [-0.2, 0) is 6.54 Å². The maximum absolute atomic E-state index is 8.96. The Labute approximate surface area is 104 Å². The van der Waals surface area contributed by atoms with E-state index in [1.54, 1.807) is 18.3 Å². The lowest BCUT2D eigenvalue weighted by Crippen LogP contribution is -2.11. The van der Waals surface area contributed by atoms with Crippen molar-refractivity contribution >= 4 is 17.3 Å². The number of halogens is 1. The number of nitrogens with zero attached hydrogens (tertiary/aromatic N) is 3. The first kappa shape index (κ1) is 11.5. The molecule has 0 unspecified atom stereocenters. The Morgan fingerprint density at radius 3 is 3.06 bits per heavy atom. The number of nitrogens with one attached hydrogen (secondary N) is 1. The summed E-state index contributed by atoms with van der Waals surface area (Å²) in [5, 5.41) is 16.8. The molecular weight excluding hydrogens is 236 g/mol. The van der Waals surface area contributed by atoms with Crippen molar-refractivity contribution in [2.75, 3.05) is 11.9 Å². The van der Waals surface area contributed by atoms with Crippen LogP contribution in [0.2, 0.25) is 5.02 Å². The molecular formula is C12H11ClN4. The van der Waals surface area contributed by atoms with Crippen LogP contribution in [0.1, 0.15) is 5.56 Å². The fourth-order valence-corrected chi connectivity index (χ4v) is 1.67. The zero-order valence-electron chi connectivity index (χ0n) is 9.10. The van der Waals surface area contributed by atoms with Crippen molar-refractivity contribution in [1.82, 2.24) is 9.78 Å². The molecule has 2 rings (SSSR count). The largest absolute Gasteiger partial charge is 0.382 e. The molecule has 1 aromatic carbocycles. The predicted molar refractivity (Wildman–Crippen MR) is 66.9 cm³/mol. The van der Waals surface area contributed by atoms with E-state index in [0.717, 1.165) is 12.2 Å². The molecule has 4 nitrogen and oxygen atoms in total. The molecule has 1 N–H and O–H groups in total. The quantitative estimate of drug-likeness (QED) is 0.902. The summed E-state index contributed by atoms with van der Waals surface area (Å²) < 4.78 is 1.83. The van der Waals surface area contributed by atoms with Gasteiger partial charge >= 0.3 is 0 Å². The van der Waals surface area contributed by atoms with Gasteiger partial charge in [0.1, 0.15) is 6.07 Å². The van der Waals surface area contributed by atoms with E-state index in [1.807, 2.05) is 23.0 Å². The Hall–Kier alpha value is -1.99.